The third-order valence-corrected chi connectivity index (χ3v) is 5.07. The number of aromatic hydroxyl groups is 1. The molecule has 0 atom stereocenters. The van der Waals surface area contributed by atoms with E-state index >= 15 is 0 Å². The molecule has 7 nitrogen and oxygen atoms in total. The van der Waals surface area contributed by atoms with Gasteiger partial charge in [0.25, 0.3) is 0 Å². The molecular formula is C9H9ClN2O5S. The Morgan fingerprint density at radius 3 is 2.44 bits per heavy atom. The Balaban J connectivity index is 2.63. The molecule has 0 bridgehead atoms. The van der Waals surface area contributed by atoms with Gasteiger partial charge in [-0.3, -0.25) is 10.1 Å². The van der Waals surface area contributed by atoms with Crippen LogP contribution in [0.2, 0.25) is 5.02 Å². The van der Waals surface area contributed by atoms with Crippen molar-refractivity contribution >= 4 is 27.3 Å². The first-order chi connectivity index (χ1) is 8.35. The fraction of sp³-hybridized carbons (Fsp3) is 0.333. The Kier molecular flexibility index (Phi) is 3.18. The molecule has 0 spiro atoms. The highest BCUT2D eigenvalue weighted by atomic mass is 35.5. The van der Waals surface area contributed by atoms with Gasteiger partial charge in [-0.05, 0) is 12.5 Å². The predicted molar refractivity (Wildman–Crippen MR) is 63.1 cm³/mol. The number of hydrogen-bond acceptors (Lipinski definition) is 5. The van der Waals surface area contributed by atoms with Gasteiger partial charge in [0, 0.05) is 19.2 Å². The molecule has 0 radical (unpaired) electrons. The molecular weight excluding hydrogens is 284 g/mol. The van der Waals surface area contributed by atoms with Gasteiger partial charge in [0.15, 0.2) is 0 Å². The minimum atomic E-state index is -3.97. The minimum absolute atomic E-state index is 0.231. The number of nitrogens with zero attached hydrogens (tertiary/aromatic N) is 2. The van der Waals surface area contributed by atoms with E-state index in [2.05, 4.69) is 0 Å². The lowest BCUT2D eigenvalue weighted by Crippen LogP contribution is -2.42. The summed E-state index contributed by atoms with van der Waals surface area (Å²) in [5.41, 5.74) is -0.682. The molecule has 1 N–H and O–H groups in total. The topological polar surface area (TPSA) is 101 Å². The summed E-state index contributed by atoms with van der Waals surface area (Å²) in [7, 11) is -3.97. The van der Waals surface area contributed by atoms with Gasteiger partial charge in [-0.15, -0.1) is 0 Å². The lowest BCUT2D eigenvalue weighted by atomic mass is 10.3. The quantitative estimate of drug-likeness (QED) is 0.669. The summed E-state index contributed by atoms with van der Waals surface area (Å²) in [6.07, 6.45) is 0.715. The molecule has 0 saturated carbocycles. The van der Waals surface area contributed by atoms with Gasteiger partial charge in [0.05, 0.1) is 9.95 Å². The Morgan fingerprint density at radius 2 is 2.00 bits per heavy atom. The molecule has 1 aliphatic rings. The first-order valence-electron chi connectivity index (χ1n) is 5.01. The van der Waals surface area contributed by atoms with Crippen LogP contribution >= 0.6 is 11.6 Å². The van der Waals surface area contributed by atoms with Gasteiger partial charge >= 0.3 is 5.69 Å². The predicted octanol–water partition coefficient (Wildman–Crippen LogP) is 1.35. The van der Waals surface area contributed by atoms with Crippen molar-refractivity contribution in [1.29, 1.82) is 0 Å². The second-order valence-corrected chi connectivity index (χ2v) is 6.04. The molecule has 0 aromatic heterocycles. The third-order valence-electron chi connectivity index (χ3n) is 2.67. The number of halogens is 1. The monoisotopic (exact) mass is 292 g/mol. The summed E-state index contributed by atoms with van der Waals surface area (Å²) >= 11 is 5.73. The number of nitro benzene ring substituents is 1. The van der Waals surface area contributed by atoms with Crippen molar-refractivity contribution in [2.45, 2.75) is 11.3 Å². The molecule has 1 fully saturated rings. The van der Waals surface area contributed by atoms with Crippen molar-refractivity contribution in [3.63, 3.8) is 0 Å². The molecule has 0 amide bonds. The Morgan fingerprint density at radius 1 is 1.39 bits per heavy atom. The largest absolute Gasteiger partial charge is 0.501 e. The molecule has 0 unspecified atom stereocenters. The van der Waals surface area contributed by atoms with Crippen molar-refractivity contribution in [1.82, 2.24) is 4.31 Å². The van der Waals surface area contributed by atoms with Crippen molar-refractivity contribution in [2.75, 3.05) is 13.1 Å². The lowest BCUT2D eigenvalue weighted by Gasteiger charge is -2.30. The number of sulfonamides is 1. The van der Waals surface area contributed by atoms with E-state index in [4.69, 9.17) is 11.6 Å². The summed E-state index contributed by atoms with van der Waals surface area (Å²) in [4.78, 5) is 9.20. The van der Waals surface area contributed by atoms with Crippen LogP contribution in [0, 0.1) is 10.1 Å². The van der Waals surface area contributed by atoms with E-state index in [1.165, 1.54) is 0 Å². The maximum Gasteiger partial charge on any atom is 0.312 e. The average molecular weight is 293 g/mol. The van der Waals surface area contributed by atoms with Crippen molar-refractivity contribution in [3.8, 4) is 5.75 Å². The average Bonchev–Trinajstić information content (AvgIpc) is 2.12. The van der Waals surface area contributed by atoms with Gasteiger partial charge in [-0.1, -0.05) is 11.6 Å². The Labute approximate surface area is 108 Å². The van der Waals surface area contributed by atoms with Gasteiger partial charge in [-0.2, -0.15) is 4.31 Å². The fourth-order valence-corrected chi connectivity index (χ4v) is 3.69. The maximum atomic E-state index is 12.1. The standard InChI is InChI=1S/C9H9ClN2O5S/c10-6-2-3-7(12(14)15)8(13)9(6)18(16,17)11-4-1-5-11/h2-3,13H,1,4-5H2. The van der Waals surface area contributed by atoms with E-state index in [0.717, 1.165) is 16.4 Å². The summed E-state index contributed by atoms with van der Waals surface area (Å²) in [6, 6.07) is 2.05. The van der Waals surface area contributed by atoms with Crippen LogP contribution in [-0.4, -0.2) is 35.8 Å². The van der Waals surface area contributed by atoms with Crippen LogP contribution in [0.15, 0.2) is 17.0 Å². The van der Waals surface area contributed by atoms with Crippen LogP contribution in [0.5, 0.6) is 5.75 Å². The molecule has 2 rings (SSSR count). The first-order valence-corrected chi connectivity index (χ1v) is 6.83. The molecule has 1 saturated heterocycles. The van der Waals surface area contributed by atoms with Crippen LogP contribution in [-0.2, 0) is 10.0 Å². The minimum Gasteiger partial charge on any atom is -0.501 e. The van der Waals surface area contributed by atoms with Crippen molar-refractivity contribution < 1.29 is 18.4 Å². The van der Waals surface area contributed by atoms with Gasteiger partial charge in [0.2, 0.25) is 15.8 Å². The highest BCUT2D eigenvalue weighted by Gasteiger charge is 2.36. The Bertz CT molecular complexity index is 612. The number of hydrogen-bond donors (Lipinski definition) is 1. The van der Waals surface area contributed by atoms with Crippen LogP contribution < -0.4 is 0 Å². The highest BCUT2D eigenvalue weighted by molar-refractivity contribution is 7.89. The van der Waals surface area contributed by atoms with Crippen LogP contribution in [0.1, 0.15) is 6.42 Å². The number of phenols is 1. The fourth-order valence-electron chi connectivity index (χ4n) is 1.59. The Hall–Kier alpha value is -1.38. The molecule has 1 heterocycles. The SMILES string of the molecule is O=[N+]([O-])c1ccc(Cl)c(S(=O)(=O)N2CCC2)c1O. The summed E-state index contributed by atoms with van der Waals surface area (Å²) in [6.45, 7) is 0.640. The number of phenolic OH excluding ortho intramolecular Hbond substituents is 1. The molecule has 1 aromatic carbocycles. The molecule has 18 heavy (non-hydrogen) atoms. The highest BCUT2D eigenvalue weighted by Crippen LogP contribution is 2.40. The van der Waals surface area contributed by atoms with E-state index in [1.807, 2.05) is 0 Å². The van der Waals surface area contributed by atoms with Crippen LogP contribution in [0.4, 0.5) is 5.69 Å². The first kappa shape index (κ1) is 13.1. The van der Waals surface area contributed by atoms with E-state index in [1.54, 1.807) is 0 Å². The number of nitro groups is 1. The zero-order chi connectivity index (χ0) is 13.5. The van der Waals surface area contributed by atoms with Gasteiger partial charge in [-0.25, -0.2) is 8.42 Å². The van der Waals surface area contributed by atoms with E-state index in [-0.39, 0.29) is 5.02 Å². The third kappa shape index (κ3) is 1.92. The maximum absolute atomic E-state index is 12.1. The molecule has 1 aromatic rings. The zero-order valence-corrected chi connectivity index (χ0v) is 10.6. The summed E-state index contributed by atoms with van der Waals surface area (Å²) in [5, 5.41) is 20.1. The van der Waals surface area contributed by atoms with Gasteiger partial charge < -0.3 is 5.11 Å². The zero-order valence-electron chi connectivity index (χ0n) is 9.04. The molecule has 1 aliphatic heterocycles. The summed E-state index contributed by atoms with van der Waals surface area (Å²) < 4.78 is 25.3. The second-order valence-electron chi connectivity index (χ2n) is 3.76. The van der Waals surface area contributed by atoms with E-state index < -0.39 is 31.3 Å². The summed E-state index contributed by atoms with van der Waals surface area (Å²) in [5.74, 6) is -0.917. The van der Waals surface area contributed by atoms with E-state index in [9.17, 15) is 23.6 Å². The smallest absolute Gasteiger partial charge is 0.312 e. The van der Waals surface area contributed by atoms with Crippen LogP contribution in [0.3, 0.4) is 0 Å². The normalized spacial score (nSPS) is 16.3. The van der Waals surface area contributed by atoms with Crippen molar-refractivity contribution in [3.05, 3.63) is 27.3 Å². The van der Waals surface area contributed by atoms with Gasteiger partial charge in [0.1, 0.15) is 4.90 Å². The van der Waals surface area contributed by atoms with Crippen molar-refractivity contribution in [2.24, 2.45) is 0 Å². The van der Waals surface area contributed by atoms with E-state index in [0.29, 0.717) is 19.5 Å². The molecule has 98 valence electrons. The lowest BCUT2D eigenvalue weighted by molar-refractivity contribution is -0.386. The van der Waals surface area contributed by atoms with Crippen LogP contribution in [0.25, 0.3) is 0 Å². The second kappa shape index (κ2) is 4.38. The number of benzene rings is 1. The molecule has 0 aliphatic carbocycles. The number of rotatable bonds is 3. The molecule has 9 heteroatoms.